The molecule has 0 unspecified atom stereocenters. The minimum atomic E-state index is -1.05. The molecular weight excluding hydrogens is 252 g/mol. The normalized spacial score (nSPS) is 11.3. The highest BCUT2D eigenvalue weighted by atomic mass is 35.5. The Balaban J connectivity index is 2.78. The Hall–Kier alpha value is -1.35. The topological polar surface area (TPSA) is 54.4 Å². The Morgan fingerprint density at radius 3 is 2.39 bits per heavy atom. The predicted molar refractivity (Wildman–Crippen MR) is 71.2 cm³/mol. The van der Waals surface area contributed by atoms with Crippen LogP contribution in [0.3, 0.4) is 0 Å². The van der Waals surface area contributed by atoms with Gasteiger partial charge in [0.15, 0.2) is 0 Å². The highest BCUT2D eigenvalue weighted by Crippen LogP contribution is 2.21. The van der Waals surface area contributed by atoms with Crippen LogP contribution in [-0.2, 0) is 11.2 Å². The summed E-state index contributed by atoms with van der Waals surface area (Å²) in [4.78, 5) is 22.7. The fourth-order valence-corrected chi connectivity index (χ4v) is 1.72. The van der Waals surface area contributed by atoms with E-state index in [1.54, 1.807) is 12.1 Å². The molecule has 0 fully saturated rings. The number of carbonyl (C=O) groups is 2. The molecule has 1 aromatic rings. The van der Waals surface area contributed by atoms with Crippen LogP contribution in [0, 0.1) is 5.41 Å². The molecule has 0 aliphatic carbocycles. The number of carbonyl (C=O) groups excluding carboxylic acids is 1. The zero-order valence-corrected chi connectivity index (χ0v) is 11.5. The molecule has 0 radical (unpaired) electrons. The molecule has 0 bridgehead atoms. The second-order valence-corrected chi connectivity index (χ2v) is 5.70. The molecule has 0 saturated heterocycles. The van der Waals surface area contributed by atoms with E-state index in [1.165, 1.54) is 6.07 Å². The first-order valence-electron chi connectivity index (χ1n) is 5.77. The van der Waals surface area contributed by atoms with E-state index < -0.39 is 5.97 Å². The molecule has 1 N–H and O–H groups in total. The molecule has 4 heteroatoms. The van der Waals surface area contributed by atoms with E-state index in [9.17, 15) is 9.59 Å². The van der Waals surface area contributed by atoms with Gasteiger partial charge in [0.2, 0.25) is 0 Å². The molecule has 0 atom stereocenters. The van der Waals surface area contributed by atoms with Crippen LogP contribution in [0.15, 0.2) is 18.2 Å². The molecule has 98 valence electrons. The largest absolute Gasteiger partial charge is 0.478 e. The molecule has 18 heavy (non-hydrogen) atoms. The van der Waals surface area contributed by atoms with Gasteiger partial charge in [0.05, 0.1) is 10.6 Å². The molecule has 0 aromatic heterocycles. The van der Waals surface area contributed by atoms with Crippen molar-refractivity contribution in [3.63, 3.8) is 0 Å². The van der Waals surface area contributed by atoms with Gasteiger partial charge in [-0.2, -0.15) is 0 Å². The molecule has 0 amide bonds. The van der Waals surface area contributed by atoms with Crippen molar-refractivity contribution in [3.8, 4) is 0 Å². The zero-order chi connectivity index (χ0) is 13.9. The summed E-state index contributed by atoms with van der Waals surface area (Å²) in [6.07, 6.45) is 0.942. The summed E-state index contributed by atoms with van der Waals surface area (Å²) in [5.41, 5.74) is 0.536. The van der Waals surface area contributed by atoms with Gasteiger partial charge < -0.3 is 5.11 Å². The first-order valence-corrected chi connectivity index (χ1v) is 6.14. The summed E-state index contributed by atoms with van der Waals surface area (Å²) in [6.45, 7) is 5.62. The Bertz CT molecular complexity index is 472. The third kappa shape index (κ3) is 3.84. The third-order valence-electron chi connectivity index (χ3n) is 2.74. The van der Waals surface area contributed by atoms with Gasteiger partial charge in [0, 0.05) is 11.8 Å². The van der Waals surface area contributed by atoms with E-state index in [0.29, 0.717) is 12.8 Å². The lowest BCUT2D eigenvalue weighted by Crippen LogP contribution is -2.20. The van der Waals surface area contributed by atoms with Gasteiger partial charge in [0.25, 0.3) is 0 Å². The van der Waals surface area contributed by atoms with E-state index in [2.05, 4.69) is 0 Å². The average Bonchev–Trinajstić information content (AvgIpc) is 2.25. The summed E-state index contributed by atoms with van der Waals surface area (Å²) < 4.78 is 0. The molecule has 0 aliphatic heterocycles. The maximum Gasteiger partial charge on any atom is 0.337 e. The van der Waals surface area contributed by atoms with Crippen molar-refractivity contribution in [1.82, 2.24) is 0 Å². The van der Waals surface area contributed by atoms with Crippen LogP contribution in [0.4, 0.5) is 0 Å². The molecule has 0 saturated carbocycles. The lowest BCUT2D eigenvalue weighted by Gasteiger charge is -2.16. The quantitative estimate of drug-likeness (QED) is 0.908. The second kappa shape index (κ2) is 5.53. The van der Waals surface area contributed by atoms with Gasteiger partial charge >= 0.3 is 5.97 Å². The van der Waals surface area contributed by atoms with Crippen molar-refractivity contribution >= 4 is 23.4 Å². The predicted octanol–water partition coefficient (Wildman–Crippen LogP) is 3.59. The Labute approximate surface area is 112 Å². The van der Waals surface area contributed by atoms with Crippen LogP contribution in [-0.4, -0.2) is 16.9 Å². The van der Waals surface area contributed by atoms with Crippen molar-refractivity contribution in [2.24, 2.45) is 5.41 Å². The first kappa shape index (κ1) is 14.7. The SMILES string of the molecule is CC(C)(C)C(=O)CCc1ccc(Cl)c(C(=O)O)c1. The summed E-state index contributed by atoms with van der Waals surface area (Å²) in [7, 11) is 0. The van der Waals surface area contributed by atoms with Gasteiger partial charge in [0.1, 0.15) is 5.78 Å². The number of carboxylic acid groups (broad SMARTS) is 1. The maximum absolute atomic E-state index is 11.8. The molecule has 3 nitrogen and oxygen atoms in total. The smallest absolute Gasteiger partial charge is 0.337 e. The number of hydrogen-bond donors (Lipinski definition) is 1. The van der Waals surface area contributed by atoms with Gasteiger partial charge in [-0.15, -0.1) is 0 Å². The van der Waals surface area contributed by atoms with E-state index in [-0.39, 0.29) is 21.8 Å². The second-order valence-electron chi connectivity index (χ2n) is 5.29. The van der Waals surface area contributed by atoms with E-state index in [0.717, 1.165) is 5.56 Å². The number of halogens is 1. The van der Waals surface area contributed by atoms with Crippen LogP contribution >= 0.6 is 11.6 Å². The van der Waals surface area contributed by atoms with Crippen LogP contribution in [0.5, 0.6) is 0 Å². The van der Waals surface area contributed by atoms with Crippen molar-refractivity contribution in [2.75, 3.05) is 0 Å². The minimum Gasteiger partial charge on any atom is -0.478 e. The molecule has 0 spiro atoms. The van der Waals surface area contributed by atoms with Gasteiger partial charge in [-0.25, -0.2) is 4.79 Å². The average molecular weight is 269 g/mol. The summed E-state index contributed by atoms with van der Waals surface area (Å²) in [6, 6.07) is 4.84. The molecular formula is C14H17ClO3. The third-order valence-corrected chi connectivity index (χ3v) is 3.07. The molecule has 1 rings (SSSR count). The van der Waals surface area contributed by atoms with E-state index in [4.69, 9.17) is 16.7 Å². The lowest BCUT2D eigenvalue weighted by molar-refractivity contribution is -0.126. The number of ketones is 1. The number of aromatic carboxylic acids is 1. The van der Waals surface area contributed by atoms with Crippen molar-refractivity contribution in [2.45, 2.75) is 33.6 Å². The van der Waals surface area contributed by atoms with Crippen LogP contribution in [0.25, 0.3) is 0 Å². The Morgan fingerprint density at radius 2 is 1.89 bits per heavy atom. The fraction of sp³-hybridized carbons (Fsp3) is 0.429. The number of benzene rings is 1. The Kier molecular flexibility index (Phi) is 4.52. The first-order chi connectivity index (χ1) is 8.21. The number of carboxylic acids is 1. The molecule has 0 aliphatic rings. The standard InChI is InChI=1S/C14H17ClO3/c1-14(2,3)12(16)7-5-9-4-6-11(15)10(8-9)13(17)18/h4,6,8H,5,7H2,1-3H3,(H,17,18). The van der Waals surface area contributed by atoms with Crippen LogP contribution in [0.1, 0.15) is 43.1 Å². The highest BCUT2D eigenvalue weighted by molar-refractivity contribution is 6.33. The number of aryl methyl sites for hydroxylation is 1. The van der Waals surface area contributed by atoms with Crippen molar-refractivity contribution < 1.29 is 14.7 Å². The number of hydrogen-bond acceptors (Lipinski definition) is 2. The van der Waals surface area contributed by atoms with E-state index >= 15 is 0 Å². The summed E-state index contributed by atoms with van der Waals surface area (Å²) in [5.74, 6) is -0.890. The lowest BCUT2D eigenvalue weighted by atomic mass is 9.87. The molecule has 0 heterocycles. The Morgan fingerprint density at radius 1 is 1.28 bits per heavy atom. The van der Waals surface area contributed by atoms with Crippen LogP contribution in [0.2, 0.25) is 5.02 Å². The van der Waals surface area contributed by atoms with E-state index in [1.807, 2.05) is 20.8 Å². The molecule has 1 aromatic carbocycles. The summed E-state index contributed by atoms with van der Waals surface area (Å²) >= 11 is 5.78. The van der Waals surface area contributed by atoms with Crippen molar-refractivity contribution in [1.29, 1.82) is 0 Å². The van der Waals surface area contributed by atoms with Gasteiger partial charge in [-0.05, 0) is 24.1 Å². The van der Waals surface area contributed by atoms with Gasteiger partial charge in [-0.1, -0.05) is 38.4 Å². The monoisotopic (exact) mass is 268 g/mol. The maximum atomic E-state index is 11.8. The highest BCUT2D eigenvalue weighted by Gasteiger charge is 2.20. The zero-order valence-electron chi connectivity index (χ0n) is 10.8. The number of rotatable bonds is 4. The number of Topliss-reactive ketones (excluding diaryl/α,β-unsaturated/α-hetero) is 1. The minimum absolute atomic E-state index is 0.0809. The fourth-order valence-electron chi connectivity index (χ4n) is 1.52. The van der Waals surface area contributed by atoms with Gasteiger partial charge in [-0.3, -0.25) is 4.79 Å². The summed E-state index contributed by atoms with van der Waals surface area (Å²) in [5, 5.41) is 9.16. The van der Waals surface area contributed by atoms with Crippen molar-refractivity contribution in [3.05, 3.63) is 34.3 Å². The van der Waals surface area contributed by atoms with Crippen LogP contribution < -0.4 is 0 Å².